The number of halogens is 1. The van der Waals surface area contributed by atoms with E-state index in [4.69, 9.17) is 16.3 Å². The Morgan fingerprint density at radius 3 is 2.89 bits per heavy atom. The van der Waals surface area contributed by atoms with Gasteiger partial charge >= 0.3 is 0 Å². The van der Waals surface area contributed by atoms with Gasteiger partial charge in [-0.3, -0.25) is 0 Å². The van der Waals surface area contributed by atoms with Crippen LogP contribution in [0.3, 0.4) is 0 Å². The lowest BCUT2D eigenvalue weighted by Gasteiger charge is -2.17. The summed E-state index contributed by atoms with van der Waals surface area (Å²) in [5.74, 6) is 6.56. The quantitative estimate of drug-likeness (QED) is 0.790. The molecule has 0 aliphatic carbocycles. The van der Waals surface area contributed by atoms with Gasteiger partial charge in [-0.05, 0) is 45.0 Å². The van der Waals surface area contributed by atoms with E-state index in [-0.39, 0.29) is 6.04 Å². The van der Waals surface area contributed by atoms with Gasteiger partial charge in [0.2, 0.25) is 0 Å². The van der Waals surface area contributed by atoms with E-state index in [1.165, 1.54) is 0 Å². The molecule has 3 heteroatoms. The van der Waals surface area contributed by atoms with Crippen LogP contribution in [0.2, 0.25) is 5.02 Å². The normalized spacial score (nSPS) is 11.6. The van der Waals surface area contributed by atoms with Crippen molar-refractivity contribution in [2.75, 3.05) is 13.2 Å². The first-order chi connectivity index (χ1) is 8.69. The van der Waals surface area contributed by atoms with E-state index in [2.05, 4.69) is 31.0 Å². The number of rotatable bonds is 6. The Morgan fingerprint density at radius 1 is 1.44 bits per heavy atom. The van der Waals surface area contributed by atoms with Crippen LogP contribution in [0.15, 0.2) is 18.2 Å². The van der Waals surface area contributed by atoms with E-state index >= 15 is 0 Å². The maximum atomic E-state index is 6.04. The monoisotopic (exact) mass is 265 g/mol. The highest BCUT2D eigenvalue weighted by Crippen LogP contribution is 2.28. The largest absolute Gasteiger partial charge is 0.481 e. The zero-order valence-electron chi connectivity index (χ0n) is 11.2. The van der Waals surface area contributed by atoms with Gasteiger partial charge in [0.15, 0.2) is 0 Å². The van der Waals surface area contributed by atoms with Gasteiger partial charge in [-0.2, -0.15) is 0 Å². The highest BCUT2D eigenvalue weighted by atomic mass is 35.5. The van der Waals surface area contributed by atoms with Crippen LogP contribution in [0.1, 0.15) is 38.8 Å². The zero-order chi connectivity index (χ0) is 13.4. The second kappa shape index (κ2) is 8.02. The highest BCUT2D eigenvalue weighted by molar-refractivity contribution is 6.30. The van der Waals surface area contributed by atoms with Crippen molar-refractivity contribution < 1.29 is 4.74 Å². The van der Waals surface area contributed by atoms with Crippen molar-refractivity contribution in [1.82, 2.24) is 5.32 Å². The third kappa shape index (κ3) is 4.60. The Bertz CT molecular complexity index is 434. The molecular formula is C15H20ClNO. The Kier molecular flexibility index (Phi) is 6.64. The van der Waals surface area contributed by atoms with Crippen LogP contribution in [0.5, 0.6) is 5.75 Å². The number of hydrogen-bond acceptors (Lipinski definition) is 2. The molecule has 0 amide bonds. The lowest BCUT2D eigenvalue weighted by atomic mass is 10.1. The molecule has 0 saturated carbocycles. The smallest absolute Gasteiger partial charge is 0.149 e. The molecule has 98 valence electrons. The topological polar surface area (TPSA) is 21.3 Å². The summed E-state index contributed by atoms with van der Waals surface area (Å²) in [6.07, 6.45) is 1.10. The van der Waals surface area contributed by atoms with Crippen molar-refractivity contribution in [1.29, 1.82) is 0 Å². The Labute approximate surface area is 115 Å². The molecule has 0 saturated heterocycles. The SMILES string of the molecule is CC#CCOc1ccc(Cl)cc1C(C)NCCC. The average Bonchev–Trinajstić information content (AvgIpc) is 2.38. The maximum Gasteiger partial charge on any atom is 0.149 e. The lowest BCUT2D eigenvalue weighted by Crippen LogP contribution is -2.20. The molecule has 1 aromatic rings. The van der Waals surface area contributed by atoms with Crippen molar-refractivity contribution in [2.45, 2.75) is 33.2 Å². The minimum absolute atomic E-state index is 0.216. The number of nitrogens with one attached hydrogen (secondary N) is 1. The predicted octanol–water partition coefficient (Wildman–Crippen LogP) is 3.80. The minimum atomic E-state index is 0.216. The molecule has 0 bridgehead atoms. The van der Waals surface area contributed by atoms with Crippen molar-refractivity contribution >= 4 is 11.6 Å². The molecule has 0 aliphatic rings. The summed E-state index contributed by atoms with van der Waals surface area (Å²) >= 11 is 6.04. The number of benzene rings is 1. The van der Waals surface area contributed by atoms with Crippen LogP contribution in [0.25, 0.3) is 0 Å². The third-order valence-electron chi connectivity index (χ3n) is 2.62. The standard InChI is InChI=1S/C15H20ClNO/c1-4-6-10-18-15-8-7-13(16)11-14(15)12(3)17-9-5-2/h7-8,11-12,17H,5,9-10H2,1-3H3. The van der Waals surface area contributed by atoms with Crippen LogP contribution in [0, 0.1) is 11.8 Å². The minimum Gasteiger partial charge on any atom is -0.481 e. The summed E-state index contributed by atoms with van der Waals surface area (Å²) in [6, 6.07) is 5.91. The van der Waals surface area contributed by atoms with Crippen LogP contribution in [-0.4, -0.2) is 13.2 Å². The predicted molar refractivity (Wildman–Crippen MR) is 77.1 cm³/mol. The van der Waals surface area contributed by atoms with Gasteiger partial charge in [-0.25, -0.2) is 0 Å². The van der Waals surface area contributed by atoms with Crippen molar-refractivity contribution in [3.8, 4) is 17.6 Å². The molecule has 1 rings (SSSR count). The molecule has 0 heterocycles. The molecule has 1 N–H and O–H groups in total. The average molecular weight is 266 g/mol. The van der Waals surface area contributed by atoms with Gasteiger partial charge in [0.25, 0.3) is 0 Å². The summed E-state index contributed by atoms with van der Waals surface area (Å²) < 4.78 is 5.66. The fourth-order valence-electron chi connectivity index (χ4n) is 1.65. The summed E-state index contributed by atoms with van der Waals surface area (Å²) in [7, 11) is 0. The van der Waals surface area contributed by atoms with Crippen LogP contribution in [-0.2, 0) is 0 Å². The third-order valence-corrected chi connectivity index (χ3v) is 2.85. The molecule has 1 atom stereocenters. The van der Waals surface area contributed by atoms with Crippen molar-refractivity contribution in [3.05, 3.63) is 28.8 Å². The van der Waals surface area contributed by atoms with Crippen LogP contribution >= 0.6 is 11.6 Å². The summed E-state index contributed by atoms with van der Waals surface area (Å²) in [6.45, 7) is 7.44. The zero-order valence-corrected chi connectivity index (χ0v) is 12.0. The van der Waals surface area contributed by atoms with Crippen molar-refractivity contribution in [2.24, 2.45) is 0 Å². The molecule has 0 fully saturated rings. The van der Waals surface area contributed by atoms with Gasteiger partial charge in [-0.15, -0.1) is 5.92 Å². The van der Waals surface area contributed by atoms with Crippen molar-refractivity contribution in [3.63, 3.8) is 0 Å². The van der Waals surface area contributed by atoms with Gasteiger partial charge in [0, 0.05) is 16.6 Å². The molecule has 1 unspecified atom stereocenters. The summed E-state index contributed by atoms with van der Waals surface area (Å²) in [5, 5.41) is 4.16. The van der Waals surface area contributed by atoms with E-state index < -0.39 is 0 Å². The van der Waals surface area contributed by atoms with E-state index in [1.807, 2.05) is 18.2 Å². The van der Waals surface area contributed by atoms with Gasteiger partial charge in [0.1, 0.15) is 12.4 Å². The molecule has 0 radical (unpaired) electrons. The molecule has 0 spiro atoms. The first-order valence-corrected chi connectivity index (χ1v) is 6.62. The van der Waals surface area contributed by atoms with E-state index in [9.17, 15) is 0 Å². The van der Waals surface area contributed by atoms with E-state index in [0.29, 0.717) is 6.61 Å². The molecule has 2 nitrogen and oxygen atoms in total. The van der Waals surface area contributed by atoms with Gasteiger partial charge in [0.05, 0.1) is 0 Å². The molecule has 18 heavy (non-hydrogen) atoms. The van der Waals surface area contributed by atoms with Crippen LogP contribution in [0.4, 0.5) is 0 Å². The number of ether oxygens (including phenoxy) is 1. The summed E-state index contributed by atoms with van der Waals surface area (Å²) in [5.41, 5.74) is 1.08. The van der Waals surface area contributed by atoms with Gasteiger partial charge in [-0.1, -0.05) is 24.4 Å². The fraction of sp³-hybridized carbons (Fsp3) is 0.467. The van der Waals surface area contributed by atoms with Gasteiger partial charge < -0.3 is 10.1 Å². The molecule has 0 aliphatic heterocycles. The lowest BCUT2D eigenvalue weighted by molar-refractivity contribution is 0.360. The van der Waals surface area contributed by atoms with Crippen LogP contribution < -0.4 is 10.1 Å². The van der Waals surface area contributed by atoms with E-state index in [0.717, 1.165) is 29.3 Å². The Balaban J connectivity index is 2.83. The Morgan fingerprint density at radius 2 is 2.22 bits per heavy atom. The highest BCUT2D eigenvalue weighted by Gasteiger charge is 2.11. The fourth-order valence-corrected chi connectivity index (χ4v) is 1.83. The second-order valence-corrected chi connectivity index (χ2v) is 4.51. The molecule has 1 aromatic carbocycles. The Hall–Kier alpha value is -1.17. The molecule has 0 aromatic heterocycles. The van der Waals surface area contributed by atoms with E-state index in [1.54, 1.807) is 6.92 Å². The second-order valence-electron chi connectivity index (χ2n) is 4.07. The first kappa shape index (κ1) is 14.9. The summed E-state index contributed by atoms with van der Waals surface area (Å²) in [4.78, 5) is 0. The first-order valence-electron chi connectivity index (χ1n) is 6.24. The maximum absolute atomic E-state index is 6.04. The molecular weight excluding hydrogens is 246 g/mol. The number of hydrogen-bond donors (Lipinski definition) is 1.